The van der Waals surface area contributed by atoms with Crippen molar-refractivity contribution in [1.82, 2.24) is 10.2 Å². The van der Waals surface area contributed by atoms with Crippen LogP contribution >= 0.6 is 15.9 Å². The van der Waals surface area contributed by atoms with Gasteiger partial charge in [0.2, 0.25) is 11.8 Å². The molecule has 0 heterocycles. The number of benzene rings is 4. The normalized spacial score (nSPS) is 12.5. The van der Waals surface area contributed by atoms with E-state index in [1.807, 2.05) is 75.4 Å². The Kier molecular flexibility index (Phi) is 12.6. The molecule has 0 aliphatic carbocycles. The van der Waals surface area contributed by atoms with Gasteiger partial charge in [0.05, 0.1) is 17.2 Å². The van der Waals surface area contributed by atoms with E-state index in [1.165, 1.54) is 4.90 Å². The molecule has 0 aromatic heterocycles. The molecule has 47 heavy (non-hydrogen) atoms. The average molecular weight is 725 g/mol. The van der Waals surface area contributed by atoms with Crippen LogP contribution in [0, 0.1) is 5.82 Å². The summed E-state index contributed by atoms with van der Waals surface area (Å²) in [6, 6.07) is 26.4. The molecule has 0 fully saturated rings. The van der Waals surface area contributed by atoms with Gasteiger partial charge in [0.15, 0.2) is 0 Å². The van der Waals surface area contributed by atoms with Gasteiger partial charge in [0.1, 0.15) is 24.2 Å². The van der Waals surface area contributed by atoms with Crippen LogP contribution in [0.5, 0.6) is 5.75 Å². The second kappa shape index (κ2) is 16.6. The Labute approximate surface area is 284 Å². The molecule has 0 spiro atoms. The number of ether oxygens (including phenoxy) is 1. The van der Waals surface area contributed by atoms with Crippen molar-refractivity contribution in [3.05, 3.63) is 125 Å². The molecule has 4 aromatic carbocycles. The van der Waals surface area contributed by atoms with Crippen molar-refractivity contribution in [2.45, 2.75) is 57.1 Å². The Morgan fingerprint density at radius 3 is 2.11 bits per heavy atom. The second-order valence-electron chi connectivity index (χ2n) is 11.1. The van der Waals surface area contributed by atoms with E-state index in [0.29, 0.717) is 18.8 Å². The average Bonchev–Trinajstić information content (AvgIpc) is 3.07. The molecule has 0 aliphatic heterocycles. The summed E-state index contributed by atoms with van der Waals surface area (Å²) in [6.07, 6.45) is 0.894. The number of rotatable bonds is 15. The molecule has 0 aliphatic rings. The van der Waals surface area contributed by atoms with Crippen molar-refractivity contribution in [2.75, 3.05) is 17.5 Å². The van der Waals surface area contributed by atoms with Crippen LogP contribution in [0.25, 0.3) is 0 Å². The highest BCUT2D eigenvalue weighted by molar-refractivity contribution is 9.10. The van der Waals surface area contributed by atoms with Crippen LogP contribution in [-0.2, 0) is 32.6 Å². The van der Waals surface area contributed by atoms with E-state index in [9.17, 15) is 22.4 Å². The van der Waals surface area contributed by atoms with Gasteiger partial charge in [-0.05, 0) is 92.1 Å². The summed E-state index contributed by atoms with van der Waals surface area (Å²) in [5.41, 5.74) is 1.80. The van der Waals surface area contributed by atoms with Gasteiger partial charge in [-0.15, -0.1) is 0 Å². The third-order valence-electron chi connectivity index (χ3n) is 7.65. The number of amides is 2. The van der Waals surface area contributed by atoms with Gasteiger partial charge in [-0.25, -0.2) is 12.8 Å². The highest BCUT2D eigenvalue weighted by Gasteiger charge is 2.35. The van der Waals surface area contributed by atoms with E-state index < -0.39 is 34.3 Å². The molecule has 11 heteroatoms. The summed E-state index contributed by atoms with van der Waals surface area (Å²) in [6.45, 7) is 5.53. The SMILES string of the molecule is CCOc1ccc(N(CC(=O)N(Cc2ccc(Br)cc2)[C@@H](Cc2ccccc2)C(=O)N[C@@H](C)CC)S(=O)(=O)c2ccc(F)cc2)cc1. The number of sulfonamides is 1. The number of hydrogen-bond donors (Lipinski definition) is 1. The molecule has 4 rings (SSSR count). The summed E-state index contributed by atoms with van der Waals surface area (Å²) in [4.78, 5) is 29.7. The fraction of sp³-hybridized carbons (Fsp3) is 0.278. The van der Waals surface area contributed by atoms with E-state index in [0.717, 1.165) is 44.2 Å². The molecule has 1 N–H and O–H groups in total. The quantitative estimate of drug-likeness (QED) is 0.147. The third kappa shape index (κ3) is 9.65. The minimum atomic E-state index is -4.36. The molecular formula is C36H39BrFN3O5S. The molecule has 0 unspecified atom stereocenters. The lowest BCUT2D eigenvalue weighted by Gasteiger charge is -2.34. The van der Waals surface area contributed by atoms with E-state index >= 15 is 0 Å². The first-order valence-electron chi connectivity index (χ1n) is 15.4. The first kappa shape index (κ1) is 35.6. The van der Waals surface area contributed by atoms with Crippen molar-refractivity contribution < 1.29 is 27.1 Å². The fourth-order valence-corrected chi connectivity index (χ4v) is 6.60. The number of carbonyl (C=O) groups excluding carboxylic acids is 2. The zero-order valence-electron chi connectivity index (χ0n) is 26.6. The Hall–Kier alpha value is -4.22. The predicted octanol–water partition coefficient (Wildman–Crippen LogP) is 6.74. The van der Waals surface area contributed by atoms with E-state index in [1.54, 1.807) is 24.3 Å². The van der Waals surface area contributed by atoms with Crippen molar-refractivity contribution in [2.24, 2.45) is 0 Å². The molecule has 0 saturated carbocycles. The van der Waals surface area contributed by atoms with Gasteiger partial charge in [-0.2, -0.15) is 0 Å². The summed E-state index contributed by atoms with van der Waals surface area (Å²) in [7, 11) is -4.36. The van der Waals surface area contributed by atoms with Crippen LogP contribution in [0.1, 0.15) is 38.3 Å². The van der Waals surface area contributed by atoms with Crippen molar-refractivity contribution in [1.29, 1.82) is 0 Å². The van der Waals surface area contributed by atoms with Crippen LogP contribution in [0.2, 0.25) is 0 Å². The lowest BCUT2D eigenvalue weighted by Crippen LogP contribution is -2.54. The summed E-state index contributed by atoms with van der Waals surface area (Å²) in [5, 5.41) is 3.02. The van der Waals surface area contributed by atoms with E-state index in [2.05, 4.69) is 21.2 Å². The smallest absolute Gasteiger partial charge is 0.264 e. The Bertz CT molecular complexity index is 1720. The zero-order chi connectivity index (χ0) is 34.0. The molecular weight excluding hydrogens is 685 g/mol. The van der Waals surface area contributed by atoms with E-state index in [-0.39, 0.29) is 35.5 Å². The van der Waals surface area contributed by atoms with Crippen LogP contribution in [0.4, 0.5) is 10.1 Å². The lowest BCUT2D eigenvalue weighted by molar-refractivity contribution is -0.140. The number of anilines is 1. The first-order chi connectivity index (χ1) is 22.5. The molecule has 8 nitrogen and oxygen atoms in total. The third-order valence-corrected chi connectivity index (χ3v) is 9.97. The standard InChI is InChI=1S/C36H39BrFN3O5S/c1-4-26(3)39-36(43)34(23-27-9-7-6-8-10-27)40(24-28-11-13-29(37)14-12-28)35(42)25-41(31-17-19-32(20-18-31)46-5-2)47(44,45)33-21-15-30(38)16-22-33/h6-22,26,34H,4-5,23-25H2,1-3H3,(H,39,43)/t26-,34-/m0/s1. The number of nitrogens with one attached hydrogen (secondary N) is 1. The molecule has 4 aromatic rings. The van der Waals surface area contributed by atoms with Gasteiger partial charge in [-0.1, -0.05) is 65.3 Å². The molecule has 0 saturated heterocycles. The molecule has 0 bridgehead atoms. The summed E-state index contributed by atoms with van der Waals surface area (Å²) >= 11 is 3.44. The van der Waals surface area contributed by atoms with Crippen molar-refractivity contribution in [3.8, 4) is 5.75 Å². The fourth-order valence-electron chi connectivity index (χ4n) is 4.92. The van der Waals surface area contributed by atoms with Gasteiger partial charge < -0.3 is 15.0 Å². The minimum absolute atomic E-state index is 0.0469. The summed E-state index contributed by atoms with van der Waals surface area (Å²) in [5.74, 6) is -0.997. The maximum absolute atomic E-state index is 14.5. The highest BCUT2D eigenvalue weighted by Crippen LogP contribution is 2.27. The molecule has 0 radical (unpaired) electrons. The van der Waals surface area contributed by atoms with Crippen LogP contribution in [0.3, 0.4) is 0 Å². The maximum atomic E-state index is 14.5. The monoisotopic (exact) mass is 723 g/mol. The van der Waals surface area contributed by atoms with Gasteiger partial charge in [0.25, 0.3) is 10.0 Å². The van der Waals surface area contributed by atoms with Gasteiger partial charge in [0, 0.05) is 23.5 Å². The number of carbonyl (C=O) groups is 2. The number of halogens is 2. The molecule has 2 atom stereocenters. The number of nitrogens with zero attached hydrogens (tertiary/aromatic N) is 2. The van der Waals surface area contributed by atoms with Crippen LogP contribution in [-0.4, -0.2) is 50.4 Å². The van der Waals surface area contributed by atoms with Gasteiger partial charge >= 0.3 is 0 Å². The lowest BCUT2D eigenvalue weighted by atomic mass is 10.0. The second-order valence-corrected chi connectivity index (χ2v) is 13.8. The summed E-state index contributed by atoms with van der Waals surface area (Å²) < 4.78 is 49.4. The molecule has 2 amide bonds. The van der Waals surface area contributed by atoms with E-state index in [4.69, 9.17) is 4.74 Å². The molecule has 248 valence electrons. The minimum Gasteiger partial charge on any atom is -0.494 e. The van der Waals surface area contributed by atoms with Crippen molar-refractivity contribution >= 4 is 43.5 Å². The van der Waals surface area contributed by atoms with Gasteiger partial charge in [-0.3, -0.25) is 13.9 Å². The maximum Gasteiger partial charge on any atom is 0.264 e. The topological polar surface area (TPSA) is 96.0 Å². The Morgan fingerprint density at radius 1 is 0.872 bits per heavy atom. The van der Waals surface area contributed by atoms with Crippen molar-refractivity contribution in [3.63, 3.8) is 0 Å². The van der Waals surface area contributed by atoms with Crippen LogP contribution in [0.15, 0.2) is 112 Å². The zero-order valence-corrected chi connectivity index (χ0v) is 29.0. The predicted molar refractivity (Wildman–Crippen MR) is 185 cm³/mol. The Morgan fingerprint density at radius 2 is 1.51 bits per heavy atom. The number of hydrogen-bond acceptors (Lipinski definition) is 5. The Balaban J connectivity index is 1.80. The first-order valence-corrected chi connectivity index (χ1v) is 17.6. The highest BCUT2D eigenvalue weighted by atomic mass is 79.9. The van der Waals surface area contributed by atoms with Crippen LogP contribution < -0.4 is 14.4 Å². The largest absolute Gasteiger partial charge is 0.494 e.